The Morgan fingerprint density at radius 1 is 1.04 bits per heavy atom. The average molecular weight is 364 g/mol. The van der Waals surface area contributed by atoms with Crippen LogP contribution in [0.4, 0.5) is 0 Å². The summed E-state index contributed by atoms with van der Waals surface area (Å²) >= 11 is 0. The van der Waals surface area contributed by atoms with Crippen molar-refractivity contribution in [1.82, 2.24) is 9.80 Å². The normalized spacial score (nSPS) is 16.9. The highest BCUT2D eigenvalue weighted by Gasteiger charge is 2.20. The Morgan fingerprint density at radius 3 is 2.63 bits per heavy atom. The van der Waals surface area contributed by atoms with Gasteiger partial charge in [-0.1, -0.05) is 30.3 Å². The van der Waals surface area contributed by atoms with E-state index in [0.29, 0.717) is 0 Å². The number of piperazine rings is 1. The fourth-order valence-corrected chi connectivity index (χ4v) is 3.44. The Kier molecular flexibility index (Phi) is 5.12. The molecule has 2 aromatic carbocycles. The molecule has 1 fully saturated rings. The summed E-state index contributed by atoms with van der Waals surface area (Å²) in [4.78, 5) is 16.8. The van der Waals surface area contributed by atoms with E-state index in [0.717, 1.165) is 49.8 Å². The van der Waals surface area contributed by atoms with Gasteiger partial charge >= 0.3 is 0 Å². The minimum atomic E-state index is 0.0585. The number of fused-ring (bicyclic) bond motifs is 1. The van der Waals surface area contributed by atoms with Crippen LogP contribution in [0.2, 0.25) is 0 Å². The molecular weight excluding hydrogens is 340 g/mol. The summed E-state index contributed by atoms with van der Waals surface area (Å²) in [7, 11) is 0. The molecule has 0 saturated carbocycles. The molecule has 0 bridgehead atoms. The van der Waals surface area contributed by atoms with Crippen molar-refractivity contribution in [2.24, 2.45) is 0 Å². The Hall–Kier alpha value is -2.79. The van der Waals surface area contributed by atoms with Gasteiger partial charge in [-0.25, -0.2) is 0 Å². The van der Waals surface area contributed by atoms with Crippen LogP contribution in [-0.2, 0) is 11.3 Å². The Labute approximate surface area is 159 Å². The fourth-order valence-electron chi connectivity index (χ4n) is 3.44. The van der Waals surface area contributed by atoms with E-state index in [1.807, 2.05) is 29.2 Å². The molecule has 140 valence electrons. The second kappa shape index (κ2) is 7.84. The van der Waals surface area contributed by atoms with Crippen LogP contribution < -0.4 is 9.47 Å². The number of carbonyl (C=O) groups excluding carboxylic acids is 1. The average Bonchev–Trinajstić information content (AvgIpc) is 3.16. The molecule has 0 radical (unpaired) electrons. The first-order valence-corrected chi connectivity index (χ1v) is 9.32. The molecule has 2 heterocycles. The van der Waals surface area contributed by atoms with E-state index < -0.39 is 0 Å². The number of amides is 1. The number of carbonyl (C=O) groups is 1. The third kappa shape index (κ3) is 4.14. The van der Waals surface area contributed by atoms with Gasteiger partial charge in [0.2, 0.25) is 12.7 Å². The Bertz CT molecular complexity index is 854. The second-order valence-electron chi connectivity index (χ2n) is 6.97. The largest absolute Gasteiger partial charge is 0.454 e. The highest BCUT2D eigenvalue weighted by atomic mass is 16.7. The lowest BCUT2D eigenvalue weighted by molar-refractivity contribution is -0.127. The van der Waals surface area contributed by atoms with E-state index in [2.05, 4.69) is 36.1 Å². The standard InChI is InChI=1S/C22H24N2O3/c1-17-4-2-3-5-19(17)15-23-10-12-24(13-11-23)22(25)9-7-18-6-8-20-21(14-18)27-16-26-20/h2-9,14H,10-13,15-16H2,1H3/b9-7+. The molecule has 2 aromatic rings. The molecule has 2 aliphatic heterocycles. The van der Waals surface area contributed by atoms with Crippen molar-refractivity contribution in [3.63, 3.8) is 0 Å². The summed E-state index contributed by atoms with van der Waals surface area (Å²) in [6.07, 6.45) is 3.48. The fraction of sp³-hybridized carbons (Fsp3) is 0.318. The number of benzene rings is 2. The summed E-state index contributed by atoms with van der Waals surface area (Å²) in [6, 6.07) is 14.2. The van der Waals surface area contributed by atoms with Crippen molar-refractivity contribution in [2.75, 3.05) is 33.0 Å². The van der Waals surface area contributed by atoms with Crippen LogP contribution in [0.15, 0.2) is 48.5 Å². The van der Waals surface area contributed by atoms with Gasteiger partial charge in [0, 0.05) is 38.8 Å². The van der Waals surface area contributed by atoms with Crippen molar-refractivity contribution in [3.05, 3.63) is 65.2 Å². The lowest BCUT2D eigenvalue weighted by Crippen LogP contribution is -2.47. The molecule has 0 spiro atoms. The molecule has 4 rings (SSSR count). The zero-order valence-corrected chi connectivity index (χ0v) is 15.6. The molecule has 0 aliphatic carbocycles. The summed E-state index contributed by atoms with van der Waals surface area (Å²) in [5.74, 6) is 1.54. The SMILES string of the molecule is Cc1ccccc1CN1CCN(C(=O)/C=C/c2ccc3c(c2)OCO3)CC1. The Balaban J connectivity index is 1.30. The molecule has 0 atom stereocenters. The first-order valence-electron chi connectivity index (χ1n) is 9.32. The van der Waals surface area contributed by atoms with Gasteiger partial charge in [0.15, 0.2) is 11.5 Å². The van der Waals surface area contributed by atoms with Gasteiger partial charge in [-0.05, 0) is 41.8 Å². The van der Waals surface area contributed by atoms with E-state index >= 15 is 0 Å². The van der Waals surface area contributed by atoms with E-state index in [-0.39, 0.29) is 12.7 Å². The van der Waals surface area contributed by atoms with Crippen LogP contribution in [0, 0.1) is 6.92 Å². The molecule has 27 heavy (non-hydrogen) atoms. The number of hydrogen-bond acceptors (Lipinski definition) is 4. The van der Waals surface area contributed by atoms with E-state index in [4.69, 9.17) is 9.47 Å². The Morgan fingerprint density at radius 2 is 1.81 bits per heavy atom. The predicted octanol–water partition coefficient (Wildman–Crippen LogP) is 3.08. The van der Waals surface area contributed by atoms with Crippen molar-refractivity contribution < 1.29 is 14.3 Å². The summed E-state index contributed by atoms with van der Waals surface area (Å²) < 4.78 is 10.7. The molecule has 1 amide bonds. The van der Waals surface area contributed by atoms with Gasteiger partial charge < -0.3 is 14.4 Å². The lowest BCUT2D eigenvalue weighted by Gasteiger charge is -2.34. The van der Waals surface area contributed by atoms with E-state index in [9.17, 15) is 4.79 Å². The molecule has 0 aromatic heterocycles. The summed E-state index contributed by atoms with van der Waals surface area (Å²) in [5.41, 5.74) is 3.62. The van der Waals surface area contributed by atoms with Crippen molar-refractivity contribution in [1.29, 1.82) is 0 Å². The van der Waals surface area contributed by atoms with Crippen LogP contribution in [-0.4, -0.2) is 48.7 Å². The topological polar surface area (TPSA) is 42.0 Å². The van der Waals surface area contributed by atoms with Gasteiger partial charge in [0.05, 0.1) is 0 Å². The van der Waals surface area contributed by atoms with Gasteiger partial charge in [0.1, 0.15) is 0 Å². The summed E-state index contributed by atoms with van der Waals surface area (Å²) in [6.45, 7) is 6.67. The minimum absolute atomic E-state index is 0.0585. The summed E-state index contributed by atoms with van der Waals surface area (Å²) in [5, 5.41) is 0. The van der Waals surface area contributed by atoms with Crippen molar-refractivity contribution >= 4 is 12.0 Å². The van der Waals surface area contributed by atoms with E-state index in [1.54, 1.807) is 6.08 Å². The van der Waals surface area contributed by atoms with Crippen LogP contribution in [0.3, 0.4) is 0 Å². The zero-order valence-electron chi connectivity index (χ0n) is 15.6. The minimum Gasteiger partial charge on any atom is -0.454 e. The molecule has 1 saturated heterocycles. The smallest absolute Gasteiger partial charge is 0.246 e. The van der Waals surface area contributed by atoms with Gasteiger partial charge in [-0.2, -0.15) is 0 Å². The number of hydrogen-bond donors (Lipinski definition) is 0. The number of nitrogens with zero attached hydrogens (tertiary/aromatic N) is 2. The highest BCUT2D eigenvalue weighted by molar-refractivity contribution is 5.92. The first-order chi connectivity index (χ1) is 13.2. The maximum atomic E-state index is 12.5. The molecule has 0 N–H and O–H groups in total. The van der Waals surface area contributed by atoms with Gasteiger partial charge in [-0.3, -0.25) is 9.69 Å². The maximum absolute atomic E-state index is 12.5. The molecule has 5 heteroatoms. The first kappa shape index (κ1) is 17.6. The number of ether oxygens (including phenoxy) is 2. The molecule has 2 aliphatic rings. The number of aryl methyl sites for hydroxylation is 1. The van der Waals surface area contributed by atoms with Crippen LogP contribution in [0.1, 0.15) is 16.7 Å². The highest BCUT2D eigenvalue weighted by Crippen LogP contribution is 2.32. The predicted molar refractivity (Wildman–Crippen MR) is 105 cm³/mol. The molecular formula is C22H24N2O3. The maximum Gasteiger partial charge on any atom is 0.246 e. The lowest BCUT2D eigenvalue weighted by atomic mass is 10.1. The molecule has 0 unspecified atom stereocenters. The van der Waals surface area contributed by atoms with Crippen molar-refractivity contribution in [2.45, 2.75) is 13.5 Å². The quantitative estimate of drug-likeness (QED) is 0.782. The van der Waals surface area contributed by atoms with Crippen molar-refractivity contribution in [3.8, 4) is 11.5 Å². The van der Waals surface area contributed by atoms with Gasteiger partial charge in [-0.15, -0.1) is 0 Å². The molecule has 5 nitrogen and oxygen atoms in total. The van der Waals surface area contributed by atoms with Crippen LogP contribution >= 0.6 is 0 Å². The van der Waals surface area contributed by atoms with Crippen LogP contribution in [0.25, 0.3) is 6.08 Å². The van der Waals surface area contributed by atoms with Crippen LogP contribution in [0.5, 0.6) is 11.5 Å². The second-order valence-corrected chi connectivity index (χ2v) is 6.97. The van der Waals surface area contributed by atoms with E-state index in [1.165, 1.54) is 11.1 Å². The zero-order chi connectivity index (χ0) is 18.6. The third-order valence-corrected chi connectivity index (χ3v) is 5.15. The third-order valence-electron chi connectivity index (χ3n) is 5.15. The number of rotatable bonds is 4. The monoisotopic (exact) mass is 364 g/mol. The van der Waals surface area contributed by atoms with Gasteiger partial charge in [0.25, 0.3) is 0 Å².